The number of methoxy groups -OCH3 is 1. The summed E-state index contributed by atoms with van der Waals surface area (Å²) in [6, 6.07) is 2.07. The standard InChI is InChI=1S/C40H60FN7O10/c1-11-28-40(7)31(43-37(53)58-40)26(16-12-13-18-48-45-34(44-46-48)25-15-14-17-42-20-25)32(51)38(5,41)21-39(6,54-10)33(23(3)29(49)24(4)35(52)56-28)57-36-30(50)27(47(8)9)19-22(2)55-36/h14-15,17,20,22-24,26-28,30-31,33,36,50H,11-13,16,18-19,21H2,1-10H3,(H,43,53)/t22-,23+,24-,26-,27+,28-,30-,31+,33-,36+,38+,39-,40-/m1/s1. The van der Waals surface area contributed by atoms with Gasteiger partial charge < -0.3 is 39.0 Å². The molecular formula is C40H60FN7O10. The normalized spacial score (nSPS) is 37.8. The van der Waals surface area contributed by atoms with Crippen molar-refractivity contribution in [2.45, 2.75) is 153 Å². The summed E-state index contributed by atoms with van der Waals surface area (Å²) < 4.78 is 48.0. The van der Waals surface area contributed by atoms with Gasteiger partial charge in [-0.15, -0.1) is 10.2 Å². The molecule has 2 aromatic heterocycles. The van der Waals surface area contributed by atoms with Gasteiger partial charge in [0.1, 0.15) is 18.1 Å². The van der Waals surface area contributed by atoms with Gasteiger partial charge in [0.25, 0.3) is 0 Å². The molecule has 0 spiro atoms. The van der Waals surface area contributed by atoms with Crippen LogP contribution in [0.25, 0.3) is 11.4 Å². The summed E-state index contributed by atoms with van der Waals surface area (Å²) in [7, 11) is 4.95. The third kappa shape index (κ3) is 9.40. The van der Waals surface area contributed by atoms with Gasteiger partial charge in [0, 0.05) is 49.4 Å². The third-order valence-corrected chi connectivity index (χ3v) is 12.2. The fourth-order valence-corrected chi connectivity index (χ4v) is 8.86. The number of aliphatic hydroxyl groups excluding tert-OH is 1. The van der Waals surface area contributed by atoms with E-state index in [1.54, 1.807) is 32.3 Å². The van der Waals surface area contributed by atoms with E-state index in [0.717, 1.165) is 6.92 Å². The van der Waals surface area contributed by atoms with Gasteiger partial charge >= 0.3 is 12.1 Å². The minimum atomic E-state index is -2.64. The number of pyridine rings is 1. The molecule has 3 saturated heterocycles. The predicted molar refractivity (Wildman–Crippen MR) is 206 cm³/mol. The number of alkyl carbamates (subject to hydrolysis) is 1. The zero-order chi connectivity index (χ0) is 42.7. The van der Waals surface area contributed by atoms with Crippen molar-refractivity contribution in [1.82, 2.24) is 35.4 Å². The Morgan fingerprint density at radius 3 is 2.48 bits per heavy atom. The fourth-order valence-electron chi connectivity index (χ4n) is 8.86. The first-order valence-corrected chi connectivity index (χ1v) is 20.1. The molecule has 0 radical (unpaired) electrons. The van der Waals surface area contributed by atoms with E-state index in [1.165, 1.54) is 32.7 Å². The quantitative estimate of drug-likeness (QED) is 0.189. The van der Waals surface area contributed by atoms with Crippen LogP contribution in [0.3, 0.4) is 0 Å². The Morgan fingerprint density at radius 2 is 1.84 bits per heavy atom. The van der Waals surface area contributed by atoms with Crippen LogP contribution in [-0.4, -0.2) is 140 Å². The van der Waals surface area contributed by atoms with E-state index in [1.807, 2.05) is 32.0 Å². The number of ketones is 2. The predicted octanol–water partition coefficient (Wildman–Crippen LogP) is 3.47. The number of amides is 1. The molecule has 0 unspecified atom stereocenters. The molecule has 2 N–H and O–H groups in total. The van der Waals surface area contributed by atoms with E-state index < -0.39 is 95.3 Å². The van der Waals surface area contributed by atoms with Crippen LogP contribution in [-0.2, 0) is 44.6 Å². The Kier molecular flexibility index (Phi) is 14.1. The SMILES string of the molecule is CC[C@H]1OC(=O)[C@H](C)C(=O)[C@H](C)[C@@H](O[C@@H]2O[C@H](C)C[C@H](N(C)C)[C@H]2O)[C@](C)(OC)C[C@](C)(F)C(=O)[C@H](CCCCn2nnc(-c3cccnc3)n2)[C@@H]2NC(=O)O[C@]12C. The number of carbonyl (C=O) groups is 4. The number of nitrogens with zero attached hydrogens (tertiary/aromatic N) is 6. The summed E-state index contributed by atoms with van der Waals surface area (Å²) in [4.78, 5) is 63.4. The molecule has 2 aromatic rings. The van der Waals surface area contributed by atoms with Crippen LogP contribution in [0, 0.1) is 17.8 Å². The summed E-state index contributed by atoms with van der Waals surface area (Å²) >= 11 is 0. The van der Waals surface area contributed by atoms with Gasteiger partial charge in [-0.05, 0) is 91.7 Å². The molecule has 1 amide bonds. The van der Waals surface area contributed by atoms with Crippen molar-refractivity contribution in [3.05, 3.63) is 24.5 Å². The number of hydrogen-bond donors (Lipinski definition) is 2. The van der Waals surface area contributed by atoms with E-state index in [4.69, 9.17) is 23.7 Å². The fraction of sp³-hybridized carbons (Fsp3) is 0.750. The molecule has 0 aliphatic carbocycles. The van der Waals surface area contributed by atoms with Crippen molar-refractivity contribution in [2.75, 3.05) is 21.2 Å². The van der Waals surface area contributed by atoms with E-state index in [2.05, 4.69) is 25.7 Å². The Bertz CT molecular complexity index is 1770. The van der Waals surface area contributed by atoms with E-state index in [9.17, 15) is 24.3 Å². The first-order chi connectivity index (χ1) is 27.3. The molecule has 58 heavy (non-hydrogen) atoms. The molecule has 17 nitrogen and oxygen atoms in total. The van der Waals surface area contributed by atoms with Gasteiger partial charge in [-0.1, -0.05) is 20.3 Å². The molecule has 3 aliphatic rings. The first-order valence-electron chi connectivity index (χ1n) is 20.1. The summed E-state index contributed by atoms with van der Waals surface area (Å²) in [5.74, 6) is -5.60. The Balaban J connectivity index is 1.50. The monoisotopic (exact) mass is 817 g/mol. The van der Waals surface area contributed by atoms with Crippen LogP contribution in [0.15, 0.2) is 24.5 Å². The molecular weight excluding hydrogens is 757 g/mol. The second-order valence-electron chi connectivity index (χ2n) is 16.9. The number of tetrazole rings is 1. The minimum Gasteiger partial charge on any atom is -0.458 e. The van der Waals surface area contributed by atoms with Gasteiger partial charge in [-0.2, -0.15) is 4.80 Å². The topological polar surface area (TPSA) is 206 Å². The number of fused-ring (bicyclic) bond motifs is 1. The lowest BCUT2D eigenvalue weighted by Crippen LogP contribution is -2.62. The summed E-state index contributed by atoms with van der Waals surface area (Å²) in [5.41, 5.74) is -5.27. The number of hydrogen-bond acceptors (Lipinski definition) is 15. The number of Topliss-reactive ketones (excluding diaryl/α,β-unsaturated/α-hetero) is 2. The zero-order valence-electron chi connectivity index (χ0n) is 35.2. The van der Waals surface area contributed by atoms with E-state index in [-0.39, 0.29) is 25.0 Å². The molecule has 322 valence electrons. The van der Waals surface area contributed by atoms with Crippen molar-refractivity contribution in [2.24, 2.45) is 17.8 Å². The van der Waals surface area contributed by atoms with Crippen LogP contribution in [0.1, 0.15) is 87.0 Å². The number of aryl methyl sites for hydroxylation is 1. The van der Waals surface area contributed by atoms with Gasteiger partial charge in [0.2, 0.25) is 5.82 Å². The number of cyclic esters (lactones) is 1. The molecule has 13 atom stereocenters. The Labute approximate surface area is 339 Å². The number of likely N-dealkylation sites (N-methyl/N-ethyl adjacent to an activating group) is 1. The Morgan fingerprint density at radius 1 is 1.12 bits per heavy atom. The number of rotatable bonds is 11. The number of aromatic nitrogens is 5. The zero-order valence-corrected chi connectivity index (χ0v) is 35.2. The second kappa shape index (κ2) is 18.1. The molecule has 5 rings (SSSR count). The molecule has 3 aliphatic heterocycles. The van der Waals surface area contributed by atoms with Gasteiger partial charge in [0.15, 0.2) is 29.1 Å². The molecule has 0 bridgehead atoms. The van der Waals surface area contributed by atoms with Gasteiger partial charge in [0.05, 0.1) is 30.4 Å². The average molecular weight is 818 g/mol. The van der Waals surface area contributed by atoms with E-state index >= 15 is 4.39 Å². The Hall–Kier alpha value is -3.97. The lowest BCUT2D eigenvalue weighted by Gasteiger charge is -2.47. The second-order valence-corrected chi connectivity index (χ2v) is 16.9. The highest BCUT2D eigenvalue weighted by Gasteiger charge is 2.60. The molecule has 5 heterocycles. The van der Waals surface area contributed by atoms with Crippen LogP contribution < -0.4 is 5.32 Å². The molecule has 0 aromatic carbocycles. The van der Waals surface area contributed by atoms with Crippen molar-refractivity contribution in [3.63, 3.8) is 0 Å². The lowest BCUT2D eigenvalue weighted by molar-refractivity contribution is -0.296. The number of halogens is 1. The van der Waals surface area contributed by atoms with Crippen molar-refractivity contribution < 1.29 is 52.4 Å². The maximum Gasteiger partial charge on any atom is 0.408 e. The van der Waals surface area contributed by atoms with Crippen molar-refractivity contribution >= 4 is 23.6 Å². The summed E-state index contributed by atoms with van der Waals surface area (Å²) in [5, 5.41) is 26.8. The number of esters is 1. The lowest BCUT2D eigenvalue weighted by atomic mass is 9.71. The maximum atomic E-state index is 17.7. The van der Waals surface area contributed by atoms with Crippen molar-refractivity contribution in [1.29, 1.82) is 0 Å². The largest absolute Gasteiger partial charge is 0.458 e. The first kappa shape index (κ1) is 45.1. The third-order valence-electron chi connectivity index (χ3n) is 12.2. The highest BCUT2D eigenvalue weighted by Crippen LogP contribution is 2.43. The van der Waals surface area contributed by atoms with Crippen LogP contribution in [0.4, 0.5) is 9.18 Å². The minimum absolute atomic E-state index is 0.0949. The van der Waals surface area contributed by atoms with E-state index in [0.29, 0.717) is 37.2 Å². The summed E-state index contributed by atoms with van der Waals surface area (Å²) in [6.45, 7) is 11.0. The molecule has 3 fully saturated rings. The van der Waals surface area contributed by atoms with Crippen molar-refractivity contribution in [3.8, 4) is 11.4 Å². The maximum absolute atomic E-state index is 17.7. The number of carbonyl (C=O) groups excluding carboxylic acids is 4. The number of alkyl halides is 1. The van der Waals surface area contributed by atoms with Crippen LogP contribution in [0.5, 0.6) is 0 Å². The summed E-state index contributed by atoms with van der Waals surface area (Å²) in [6.07, 6.45) is -1.86. The number of ether oxygens (including phenoxy) is 5. The number of aliphatic hydroxyl groups is 1. The smallest absolute Gasteiger partial charge is 0.408 e. The van der Waals surface area contributed by atoms with Crippen LogP contribution >= 0.6 is 0 Å². The highest BCUT2D eigenvalue weighted by atomic mass is 19.1. The molecule has 18 heteroatoms. The van der Waals surface area contributed by atoms with Gasteiger partial charge in [-0.3, -0.25) is 19.4 Å². The highest BCUT2D eigenvalue weighted by molar-refractivity contribution is 6.00. The number of unbranched alkanes of at least 4 members (excludes halogenated alkanes) is 1. The number of nitrogens with one attached hydrogen (secondary N) is 1. The molecule has 0 saturated carbocycles. The van der Waals surface area contributed by atoms with Gasteiger partial charge in [-0.25, -0.2) is 9.18 Å². The average Bonchev–Trinajstić information content (AvgIpc) is 3.79. The van der Waals surface area contributed by atoms with Crippen LogP contribution in [0.2, 0.25) is 0 Å².